The number of benzene rings is 1. The number of hydrogen-bond acceptors (Lipinski definition) is 3. The molecule has 0 aliphatic heterocycles. The predicted octanol–water partition coefficient (Wildman–Crippen LogP) is 1.25. The van der Waals surface area contributed by atoms with Crippen molar-refractivity contribution < 1.29 is 23.9 Å². The second kappa shape index (κ2) is 5.42. The van der Waals surface area contributed by atoms with Gasteiger partial charge in [0.25, 0.3) is 0 Å². The standard InChI is InChI=1S/C10H6O2.HO3P/c11-9-5-6-10(12)8-4-2-1-3-7(8)9;1-4(2)3/h1-6H;(H-,1,2,3)/p+1. The SMILES string of the molecule is O=C1C=CC(=O)c2ccccc21.O=[P+](O)O. The number of ketones is 2. The second-order valence-corrected chi connectivity index (χ2v) is 3.37. The van der Waals surface area contributed by atoms with Crippen LogP contribution in [0.4, 0.5) is 0 Å². The number of carbonyl (C=O) groups excluding carboxylic acids is 2. The van der Waals surface area contributed by atoms with Gasteiger partial charge in [0.2, 0.25) is 0 Å². The molecule has 0 bridgehead atoms. The van der Waals surface area contributed by atoms with Gasteiger partial charge in [-0.3, -0.25) is 9.59 Å². The average molecular weight is 239 g/mol. The molecule has 0 radical (unpaired) electrons. The summed E-state index contributed by atoms with van der Waals surface area (Å²) in [6.45, 7) is 0. The first-order valence-corrected chi connectivity index (χ1v) is 5.39. The monoisotopic (exact) mass is 239 g/mol. The fraction of sp³-hybridized carbons (Fsp3) is 0. The van der Waals surface area contributed by atoms with E-state index in [0.717, 1.165) is 0 Å². The Morgan fingerprint density at radius 2 is 1.19 bits per heavy atom. The third-order valence-corrected chi connectivity index (χ3v) is 1.84. The summed E-state index contributed by atoms with van der Waals surface area (Å²) < 4.78 is 8.70. The van der Waals surface area contributed by atoms with Crippen molar-refractivity contribution in [3.63, 3.8) is 0 Å². The van der Waals surface area contributed by atoms with Crippen LogP contribution < -0.4 is 0 Å². The van der Waals surface area contributed by atoms with E-state index in [1.807, 2.05) is 0 Å². The zero-order valence-corrected chi connectivity index (χ0v) is 8.92. The van der Waals surface area contributed by atoms with E-state index in [1.54, 1.807) is 24.3 Å². The van der Waals surface area contributed by atoms with Crippen LogP contribution in [0.5, 0.6) is 0 Å². The lowest BCUT2D eigenvalue weighted by Crippen LogP contribution is -2.10. The Kier molecular flexibility index (Phi) is 4.19. The minimum atomic E-state index is -2.87. The Hall–Kier alpha value is -1.68. The fourth-order valence-electron chi connectivity index (χ4n) is 1.24. The van der Waals surface area contributed by atoms with Crippen molar-refractivity contribution in [1.82, 2.24) is 0 Å². The number of allylic oxidation sites excluding steroid dienone is 2. The first-order chi connectivity index (χ1) is 7.52. The quantitative estimate of drug-likeness (QED) is 0.664. The largest absolute Gasteiger partial charge is 0.692 e. The lowest BCUT2D eigenvalue weighted by atomic mass is 9.95. The van der Waals surface area contributed by atoms with Crippen molar-refractivity contribution in [2.75, 3.05) is 0 Å². The number of carbonyl (C=O) groups is 2. The summed E-state index contributed by atoms with van der Waals surface area (Å²) in [5.74, 6) is -0.185. The molecule has 0 saturated carbocycles. The normalized spacial score (nSPS) is 12.6. The molecule has 0 amide bonds. The molecule has 0 saturated heterocycles. The minimum Gasteiger partial charge on any atom is -0.289 e. The van der Waals surface area contributed by atoms with E-state index < -0.39 is 8.25 Å². The van der Waals surface area contributed by atoms with Crippen LogP contribution in [-0.4, -0.2) is 21.4 Å². The summed E-state index contributed by atoms with van der Waals surface area (Å²) in [6.07, 6.45) is 2.62. The molecule has 1 aromatic rings. The van der Waals surface area contributed by atoms with E-state index in [9.17, 15) is 9.59 Å². The summed E-state index contributed by atoms with van der Waals surface area (Å²) >= 11 is 0. The smallest absolute Gasteiger partial charge is 0.289 e. The van der Waals surface area contributed by atoms with Gasteiger partial charge in [-0.05, 0) is 12.2 Å². The topological polar surface area (TPSA) is 91.7 Å². The van der Waals surface area contributed by atoms with Gasteiger partial charge in [-0.15, -0.1) is 9.79 Å². The van der Waals surface area contributed by atoms with Gasteiger partial charge in [-0.1, -0.05) is 24.3 Å². The van der Waals surface area contributed by atoms with Crippen LogP contribution in [0.3, 0.4) is 0 Å². The van der Waals surface area contributed by atoms with E-state index in [2.05, 4.69) is 0 Å². The molecular formula is C10H8O5P+. The molecular weight excluding hydrogens is 231 g/mol. The average Bonchev–Trinajstić information content (AvgIpc) is 2.23. The molecule has 1 aliphatic rings. The Balaban J connectivity index is 0.000000280. The molecule has 0 heterocycles. The summed E-state index contributed by atoms with van der Waals surface area (Å²) in [6, 6.07) is 6.84. The van der Waals surface area contributed by atoms with Crippen molar-refractivity contribution >= 4 is 19.8 Å². The number of rotatable bonds is 0. The van der Waals surface area contributed by atoms with E-state index in [1.165, 1.54) is 12.2 Å². The lowest BCUT2D eigenvalue weighted by Gasteiger charge is -2.06. The molecule has 6 heteroatoms. The first-order valence-electron chi connectivity index (χ1n) is 4.23. The molecule has 16 heavy (non-hydrogen) atoms. The zero-order valence-electron chi connectivity index (χ0n) is 8.03. The molecule has 0 aromatic heterocycles. The van der Waals surface area contributed by atoms with Crippen LogP contribution in [0.15, 0.2) is 36.4 Å². The van der Waals surface area contributed by atoms with Crippen molar-refractivity contribution in [2.24, 2.45) is 0 Å². The Bertz CT molecular complexity index is 437. The molecule has 2 rings (SSSR count). The van der Waals surface area contributed by atoms with Crippen LogP contribution in [0.1, 0.15) is 20.7 Å². The maximum absolute atomic E-state index is 11.2. The lowest BCUT2D eigenvalue weighted by molar-refractivity contribution is 0.0994. The molecule has 1 aromatic carbocycles. The molecule has 0 unspecified atom stereocenters. The highest BCUT2D eigenvalue weighted by molar-refractivity contribution is 7.30. The summed E-state index contributed by atoms with van der Waals surface area (Å²) in [4.78, 5) is 36.6. The maximum Gasteiger partial charge on any atom is 0.692 e. The van der Waals surface area contributed by atoms with Crippen LogP contribution >= 0.6 is 8.25 Å². The second-order valence-electron chi connectivity index (χ2n) is 2.86. The van der Waals surface area contributed by atoms with Gasteiger partial charge in [-0.25, -0.2) is 0 Å². The number of hydrogen-bond donors (Lipinski definition) is 2. The van der Waals surface area contributed by atoms with E-state index in [0.29, 0.717) is 11.1 Å². The van der Waals surface area contributed by atoms with E-state index >= 15 is 0 Å². The van der Waals surface area contributed by atoms with Gasteiger partial charge < -0.3 is 0 Å². The third kappa shape index (κ3) is 3.17. The van der Waals surface area contributed by atoms with Gasteiger partial charge in [0, 0.05) is 15.7 Å². The Morgan fingerprint density at radius 3 is 1.50 bits per heavy atom. The van der Waals surface area contributed by atoms with Crippen LogP contribution in [0.25, 0.3) is 0 Å². The highest BCUT2D eigenvalue weighted by Gasteiger charge is 2.16. The maximum atomic E-state index is 11.2. The van der Waals surface area contributed by atoms with E-state index in [-0.39, 0.29) is 11.6 Å². The Morgan fingerprint density at radius 1 is 0.875 bits per heavy atom. The Labute approximate surface area is 92.0 Å². The zero-order chi connectivity index (χ0) is 12.1. The van der Waals surface area contributed by atoms with Crippen molar-refractivity contribution in [3.05, 3.63) is 47.5 Å². The van der Waals surface area contributed by atoms with Gasteiger partial charge in [-0.2, -0.15) is 0 Å². The van der Waals surface area contributed by atoms with Crippen LogP contribution in [-0.2, 0) is 4.57 Å². The van der Waals surface area contributed by atoms with Crippen molar-refractivity contribution in [2.45, 2.75) is 0 Å². The molecule has 0 spiro atoms. The molecule has 5 nitrogen and oxygen atoms in total. The molecule has 2 N–H and O–H groups in total. The van der Waals surface area contributed by atoms with Gasteiger partial charge in [0.15, 0.2) is 11.6 Å². The first kappa shape index (κ1) is 12.4. The summed E-state index contributed by atoms with van der Waals surface area (Å²) in [5, 5.41) is 0. The molecule has 1 aliphatic carbocycles. The summed E-state index contributed by atoms with van der Waals surface area (Å²) in [5.41, 5.74) is 1.01. The number of fused-ring (bicyclic) bond motifs is 1. The van der Waals surface area contributed by atoms with Gasteiger partial charge in [0.05, 0.1) is 0 Å². The van der Waals surface area contributed by atoms with Crippen LogP contribution in [0.2, 0.25) is 0 Å². The summed E-state index contributed by atoms with van der Waals surface area (Å²) in [7, 11) is -2.87. The highest BCUT2D eigenvalue weighted by atomic mass is 31.1. The molecule has 0 fully saturated rings. The molecule has 0 atom stereocenters. The van der Waals surface area contributed by atoms with Gasteiger partial charge in [0.1, 0.15) is 0 Å². The van der Waals surface area contributed by atoms with Crippen molar-refractivity contribution in [3.8, 4) is 0 Å². The van der Waals surface area contributed by atoms with Crippen LogP contribution in [0, 0.1) is 0 Å². The highest BCUT2D eigenvalue weighted by Crippen LogP contribution is 2.15. The fourth-order valence-corrected chi connectivity index (χ4v) is 1.24. The van der Waals surface area contributed by atoms with Crippen molar-refractivity contribution in [1.29, 1.82) is 0 Å². The molecule has 82 valence electrons. The minimum absolute atomic E-state index is 0.0924. The van der Waals surface area contributed by atoms with Gasteiger partial charge >= 0.3 is 8.25 Å². The van der Waals surface area contributed by atoms with E-state index in [4.69, 9.17) is 14.4 Å². The third-order valence-electron chi connectivity index (χ3n) is 1.84. The predicted molar refractivity (Wildman–Crippen MR) is 56.3 cm³/mol.